The summed E-state index contributed by atoms with van der Waals surface area (Å²) >= 11 is 0. The smallest absolute Gasteiger partial charge is 0.251 e. The van der Waals surface area contributed by atoms with Gasteiger partial charge in [-0.15, -0.1) is 0 Å². The number of rotatable bonds is 7. The van der Waals surface area contributed by atoms with Crippen LogP contribution in [0.2, 0.25) is 0 Å². The average Bonchev–Trinajstić information content (AvgIpc) is 2.78. The van der Waals surface area contributed by atoms with E-state index in [1.54, 1.807) is 31.4 Å². The maximum absolute atomic E-state index is 12.4. The fourth-order valence-corrected chi connectivity index (χ4v) is 3.19. The molecule has 152 valence electrons. The first-order chi connectivity index (χ1) is 14.2. The zero-order chi connectivity index (χ0) is 20.5. The van der Waals surface area contributed by atoms with E-state index in [1.165, 1.54) is 5.56 Å². The first-order valence-electron chi connectivity index (χ1n) is 9.79. The molecule has 0 aliphatic carbocycles. The number of nitrogens with one attached hydrogen (secondary N) is 1. The van der Waals surface area contributed by atoms with Crippen LogP contribution in [-0.4, -0.2) is 68.0 Å². The molecule has 1 heterocycles. The largest absolute Gasteiger partial charge is 0.497 e. The highest BCUT2D eigenvalue weighted by Crippen LogP contribution is 2.11. The molecule has 1 N–H and O–H groups in total. The van der Waals surface area contributed by atoms with E-state index in [2.05, 4.69) is 34.5 Å². The number of carbonyl (C=O) groups excluding carboxylic acids is 2. The maximum atomic E-state index is 12.4. The molecule has 0 spiro atoms. The fourth-order valence-electron chi connectivity index (χ4n) is 3.19. The van der Waals surface area contributed by atoms with Crippen LogP contribution in [0.15, 0.2) is 60.7 Å². The summed E-state index contributed by atoms with van der Waals surface area (Å²) in [4.78, 5) is 28.7. The monoisotopic (exact) mass is 393 g/mol. The van der Waals surface area contributed by atoms with Crippen LogP contribution in [0.1, 0.15) is 15.9 Å². The molecular weight excluding hydrogens is 366 g/mol. The predicted molar refractivity (Wildman–Crippen MR) is 114 cm³/mol. The van der Waals surface area contributed by atoms with Crippen LogP contribution in [-0.2, 0) is 4.79 Å². The van der Waals surface area contributed by atoms with Crippen LogP contribution in [0, 0.1) is 0 Å². The van der Waals surface area contributed by atoms with E-state index < -0.39 is 0 Å². The number of nitrogens with zero attached hydrogens (tertiary/aromatic N) is 2. The molecule has 2 aromatic carbocycles. The zero-order valence-corrected chi connectivity index (χ0v) is 16.7. The Morgan fingerprint density at radius 1 is 1.00 bits per heavy atom. The second-order valence-corrected chi connectivity index (χ2v) is 6.91. The van der Waals surface area contributed by atoms with Crippen molar-refractivity contribution >= 4 is 17.9 Å². The highest BCUT2D eigenvalue weighted by Gasteiger charge is 2.20. The molecular formula is C23H27N3O3. The number of hydrogen-bond acceptors (Lipinski definition) is 4. The second kappa shape index (κ2) is 10.4. The van der Waals surface area contributed by atoms with Gasteiger partial charge in [-0.2, -0.15) is 0 Å². The highest BCUT2D eigenvalue weighted by molar-refractivity contribution is 5.96. The van der Waals surface area contributed by atoms with Gasteiger partial charge in [-0.1, -0.05) is 42.5 Å². The molecule has 1 aliphatic rings. The van der Waals surface area contributed by atoms with Gasteiger partial charge in [-0.3, -0.25) is 14.5 Å². The Morgan fingerprint density at radius 3 is 2.34 bits per heavy atom. The van der Waals surface area contributed by atoms with E-state index in [-0.39, 0.29) is 18.4 Å². The lowest BCUT2D eigenvalue weighted by atomic mass is 10.2. The van der Waals surface area contributed by atoms with Crippen LogP contribution in [0.25, 0.3) is 6.08 Å². The minimum atomic E-state index is -0.259. The third-order valence-electron chi connectivity index (χ3n) is 4.95. The van der Waals surface area contributed by atoms with Gasteiger partial charge in [0.1, 0.15) is 5.75 Å². The number of benzene rings is 2. The number of methoxy groups -OCH3 is 1. The van der Waals surface area contributed by atoms with Crippen LogP contribution in [0.3, 0.4) is 0 Å². The van der Waals surface area contributed by atoms with Crippen molar-refractivity contribution in [2.45, 2.75) is 0 Å². The van der Waals surface area contributed by atoms with Gasteiger partial charge in [0.15, 0.2) is 0 Å². The molecule has 0 unspecified atom stereocenters. The molecule has 0 saturated carbocycles. The summed E-state index contributed by atoms with van der Waals surface area (Å²) < 4.78 is 5.08. The average molecular weight is 393 g/mol. The summed E-state index contributed by atoms with van der Waals surface area (Å²) in [6.07, 6.45) is 4.27. The SMILES string of the molecule is COc1ccc(C(=O)NCC(=O)N2CCN(C/C=C/c3ccccc3)CC2)cc1. The van der Waals surface area contributed by atoms with E-state index >= 15 is 0 Å². The van der Waals surface area contributed by atoms with Crippen molar-refractivity contribution in [3.8, 4) is 5.75 Å². The minimum Gasteiger partial charge on any atom is -0.497 e. The van der Waals surface area contributed by atoms with E-state index in [0.717, 1.165) is 19.6 Å². The van der Waals surface area contributed by atoms with Crippen LogP contribution in [0.5, 0.6) is 5.75 Å². The molecule has 0 atom stereocenters. The van der Waals surface area contributed by atoms with E-state index in [0.29, 0.717) is 24.4 Å². The second-order valence-electron chi connectivity index (χ2n) is 6.91. The Bertz CT molecular complexity index is 826. The van der Waals surface area contributed by atoms with Crippen LogP contribution in [0.4, 0.5) is 0 Å². The lowest BCUT2D eigenvalue weighted by molar-refractivity contribution is -0.131. The quantitative estimate of drug-likeness (QED) is 0.784. The number of carbonyl (C=O) groups is 2. The molecule has 29 heavy (non-hydrogen) atoms. The van der Waals surface area contributed by atoms with Gasteiger partial charge >= 0.3 is 0 Å². The number of amides is 2. The summed E-state index contributed by atoms with van der Waals surface area (Å²) in [5.74, 6) is 0.381. The van der Waals surface area contributed by atoms with E-state index in [9.17, 15) is 9.59 Å². The highest BCUT2D eigenvalue weighted by atomic mass is 16.5. The summed E-state index contributed by atoms with van der Waals surface area (Å²) in [5, 5.41) is 2.70. The molecule has 3 rings (SSSR count). The van der Waals surface area contributed by atoms with Gasteiger partial charge in [-0.05, 0) is 29.8 Å². The van der Waals surface area contributed by atoms with Crippen molar-refractivity contribution < 1.29 is 14.3 Å². The molecule has 0 radical (unpaired) electrons. The Morgan fingerprint density at radius 2 is 1.69 bits per heavy atom. The summed E-state index contributed by atoms with van der Waals surface area (Å²) in [6.45, 7) is 3.89. The van der Waals surface area contributed by atoms with E-state index in [4.69, 9.17) is 4.74 Å². The zero-order valence-electron chi connectivity index (χ0n) is 16.7. The maximum Gasteiger partial charge on any atom is 0.251 e. The molecule has 2 aromatic rings. The van der Waals surface area contributed by atoms with Crippen molar-refractivity contribution in [2.75, 3.05) is 46.4 Å². The van der Waals surface area contributed by atoms with Crippen molar-refractivity contribution in [2.24, 2.45) is 0 Å². The molecule has 0 aromatic heterocycles. The van der Waals surface area contributed by atoms with E-state index in [1.807, 2.05) is 23.1 Å². The number of ether oxygens (including phenoxy) is 1. The van der Waals surface area contributed by atoms with Crippen molar-refractivity contribution in [1.82, 2.24) is 15.1 Å². The normalized spacial score (nSPS) is 14.7. The molecule has 1 aliphatic heterocycles. The lowest BCUT2D eigenvalue weighted by Gasteiger charge is -2.34. The van der Waals surface area contributed by atoms with Gasteiger partial charge in [0, 0.05) is 38.3 Å². The summed E-state index contributed by atoms with van der Waals surface area (Å²) in [6, 6.07) is 17.0. The Balaban J connectivity index is 1.38. The fraction of sp³-hybridized carbons (Fsp3) is 0.304. The van der Waals surface area contributed by atoms with Crippen molar-refractivity contribution in [3.63, 3.8) is 0 Å². The number of hydrogen-bond donors (Lipinski definition) is 1. The Hall–Kier alpha value is -3.12. The van der Waals surface area contributed by atoms with Gasteiger partial charge < -0.3 is 15.0 Å². The van der Waals surface area contributed by atoms with Crippen molar-refractivity contribution in [1.29, 1.82) is 0 Å². The first kappa shape index (κ1) is 20.6. The molecule has 1 fully saturated rings. The first-order valence-corrected chi connectivity index (χ1v) is 9.79. The standard InChI is InChI=1S/C23H27N3O3/c1-29-21-11-9-20(10-12-21)23(28)24-18-22(27)26-16-14-25(15-17-26)13-5-8-19-6-3-2-4-7-19/h2-12H,13-18H2,1H3,(H,24,28)/b8-5+. The van der Waals surface area contributed by atoms with Gasteiger partial charge in [-0.25, -0.2) is 0 Å². The minimum absolute atomic E-state index is 0.0127. The predicted octanol–water partition coefficient (Wildman–Crippen LogP) is 2.28. The summed E-state index contributed by atoms with van der Waals surface area (Å²) in [7, 11) is 1.58. The van der Waals surface area contributed by atoms with Crippen LogP contribution < -0.4 is 10.1 Å². The topological polar surface area (TPSA) is 61.9 Å². The Kier molecular flexibility index (Phi) is 7.41. The van der Waals surface area contributed by atoms with Gasteiger partial charge in [0.2, 0.25) is 5.91 Å². The molecule has 0 bridgehead atoms. The Labute approximate surface area is 171 Å². The molecule has 6 heteroatoms. The van der Waals surface area contributed by atoms with Crippen molar-refractivity contribution in [3.05, 3.63) is 71.8 Å². The molecule has 2 amide bonds. The third kappa shape index (κ3) is 6.19. The molecule has 1 saturated heterocycles. The van der Waals surface area contributed by atoms with Crippen LogP contribution >= 0.6 is 0 Å². The molecule has 6 nitrogen and oxygen atoms in total. The summed E-state index contributed by atoms with van der Waals surface area (Å²) in [5.41, 5.74) is 1.70. The number of piperazine rings is 1. The van der Waals surface area contributed by atoms with Gasteiger partial charge in [0.05, 0.1) is 13.7 Å². The third-order valence-corrected chi connectivity index (χ3v) is 4.95. The van der Waals surface area contributed by atoms with Gasteiger partial charge in [0.25, 0.3) is 5.91 Å². The lowest BCUT2D eigenvalue weighted by Crippen LogP contribution is -2.51.